The van der Waals surface area contributed by atoms with Crippen molar-refractivity contribution in [3.8, 4) is 11.8 Å². The molecule has 2 heterocycles. The Morgan fingerprint density at radius 1 is 1.35 bits per heavy atom. The normalized spacial score (nSPS) is 9.50. The highest BCUT2D eigenvalue weighted by atomic mass is 16.1. The van der Waals surface area contributed by atoms with Crippen LogP contribution in [0.4, 0.5) is 5.82 Å². The van der Waals surface area contributed by atoms with E-state index in [2.05, 4.69) is 27.1 Å². The Balaban J connectivity index is 2.09. The first-order valence-corrected chi connectivity index (χ1v) is 6.08. The van der Waals surface area contributed by atoms with E-state index in [1.807, 2.05) is 13.0 Å². The van der Waals surface area contributed by atoms with Crippen LogP contribution < -0.4 is 11.1 Å². The highest BCUT2D eigenvalue weighted by Gasteiger charge is 2.07. The number of hydrogen-bond acceptors (Lipinski definition) is 4. The molecule has 0 fully saturated rings. The van der Waals surface area contributed by atoms with Crippen molar-refractivity contribution < 1.29 is 4.79 Å². The molecule has 0 atom stereocenters. The summed E-state index contributed by atoms with van der Waals surface area (Å²) in [6.07, 6.45) is 3.19. The van der Waals surface area contributed by atoms with E-state index in [4.69, 9.17) is 5.73 Å². The Kier molecular flexibility index (Phi) is 4.43. The number of carbonyl (C=O) groups excluding carboxylic acids is 1. The topological polar surface area (TPSA) is 80.9 Å². The maximum Gasteiger partial charge on any atom is 0.275 e. The molecule has 2 aromatic heterocycles. The molecule has 0 unspecified atom stereocenters. The zero-order chi connectivity index (χ0) is 14.4. The summed E-state index contributed by atoms with van der Waals surface area (Å²) in [7, 11) is 0. The summed E-state index contributed by atoms with van der Waals surface area (Å²) >= 11 is 0. The summed E-state index contributed by atoms with van der Waals surface area (Å²) in [6.45, 7) is 2.22. The predicted molar refractivity (Wildman–Crippen MR) is 77.1 cm³/mol. The molecule has 2 aromatic rings. The van der Waals surface area contributed by atoms with Gasteiger partial charge in [-0.1, -0.05) is 11.8 Å². The van der Waals surface area contributed by atoms with Crippen molar-refractivity contribution in [2.24, 2.45) is 5.73 Å². The number of nitrogens with zero attached hydrogens (tertiary/aromatic N) is 2. The van der Waals surface area contributed by atoms with Gasteiger partial charge in [-0.15, -0.1) is 0 Å². The lowest BCUT2D eigenvalue weighted by Crippen LogP contribution is -2.14. The van der Waals surface area contributed by atoms with Gasteiger partial charge in [-0.05, 0) is 36.8 Å². The minimum atomic E-state index is -0.304. The molecule has 0 saturated heterocycles. The SMILES string of the molecule is Cc1ccnc(NC(=O)c2ccc(C#CCN)cn2)c1. The molecule has 0 radical (unpaired) electrons. The van der Waals surface area contributed by atoms with Crippen molar-refractivity contribution in [2.75, 3.05) is 11.9 Å². The molecule has 0 aliphatic rings. The van der Waals surface area contributed by atoms with Crippen molar-refractivity contribution in [1.29, 1.82) is 0 Å². The maximum absolute atomic E-state index is 12.0. The summed E-state index contributed by atoms with van der Waals surface area (Å²) in [4.78, 5) is 20.1. The van der Waals surface area contributed by atoms with Gasteiger partial charge in [-0.2, -0.15) is 0 Å². The molecule has 3 N–H and O–H groups in total. The zero-order valence-electron chi connectivity index (χ0n) is 11.1. The van der Waals surface area contributed by atoms with E-state index >= 15 is 0 Å². The first-order chi connectivity index (χ1) is 9.69. The highest BCUT2D eigenvalue weighted by Crippen LogP contribution is 2.07. The lowest BCUT2D eigenvalue weighted by Gasteiger charge is -2.04. The van der Waals surface area contributed by atoms with Gasteiger partial charge in [0, 0.05) is 18.0 Å². The number of hydrogen-bond donors (Lipinski definition) is 2. The first-order valence-electron chi connectivity index (χ1n) is 6.08. The van der Waals surface area contributed by atoms with Crippen LogP contribution in [0.5, 0.6) is 0 Å². The quantitative estimate of drug-likeness (QED) is 0.804. The zero-order valence-corrected chi connectivity index (χ0v) is 11.1. The molecule has 0 aliphatic heterocycles. The van der Waals surface area contributed by atoms with E-state index in [9.17, 15) is 4.79 Å². The van der Waals surface area contributed by atoms with Crippen LogP contribution in [0.15, 0.2) is 36.7 Å². The van der Waals surface area contributed by atoms with Crippen LogP contribution in [0.2, 0.25) is 0 Å². The molecule has 20 heavy (non-hydrogen) atoms. The van der Waals surface area contributed by atoms with Gasteiger partial charge >= 0.3 is 0 Å². The Labute approximate surface area is 117 Å². The monoisotopic (exact) mass is 266 g/mol. The fraction of sp³-hybridized carbons (Fsp3) is 0.133. The van der Waals surface area contributed by atoms with Crippen LogP contribution in [-0.4, -0.2) is 22.4 Å². The number of aromatic nitrogens is 2. The number of nitrogens with one attached hydrogen (secondary N) is 1. The Bertz CT molecular complexity index is 668. The third-order valence-electron chi connectivity index (χ3n) is 2.49. The van der Waals surface area contributed by atoms with Crippen LogP contribution in [0.25, 0.3) is 0 Å². The molecule has 100 valence electrons. The molecular formula is C15H14N4O. The molecule has 0 aromatic carbocycles. The van der Waals surface area contributed by atoms with Crippen LogP contribution in [0.1, 0.15) is 21.6 Å². The van der Waals surface area contributed by atoms with Crippen LogP contribution in [-0.2, 0) is 0 Å². The number of rotatable bonds is 2. The lowest BCUT2D eigenvalue weighted by atomic mass is 10.2. The molecule has 0 bridgehead atoms. The molecule has 5 heteroatoms. The lowest BCUT2D eigenvalue weighted by molar-refractivity contribution is 0.102. The summed E-state index contributed by atoms with van der Waals surface area (Å²) in [5.74, 6) is 5.77. The van der Waals surface area contributed by atoms with Gasteiger partial charge in [-0.25, -0.2) is 9.97 Å². The third kappa shape index (κ3) is 3.64. The highest BCUT2D eigenvalue weighted by molar-refractivity contribution is 6.02. The average molecular weight is 266 g/mol. The number of aryl methyl sites for hydroxylation is 1. The summed E-state index contributed by atoms with van der Waals surface area (Å²) in [5.41, 5.74) is 7.35. The number of anilines is 1. The Morgan fingerprint density at radius 2 is 2.20 bits per heavy atom. The minimum absolute atomic E-state index is 0.293. The van der Waals surface area contributed by atoms with E-state index in [0.29, 0.717) is 18.1 Å². The second-order valence-corrected chi connectivity index (χ2v) is 4.11. The van der Waals surface area contributed by atoms with E-state index in [1.54, 1.807) is 30.6 Å². The first kappa shape index (κ1) is 13.7. The van der Waals surface area contributed by atoms with Gasteiger partial charge in [0.1, 0.15) is 11.5 Å². The van der Waals surface area contributed by atoms with Gasteiger partial charge in [0.25, 0.3) is 5.91 Å². The summed E-state index contributed by atoms with van der Waals surface area (Å²) in [6, 6.07) is 7.00. The standard InChI is InChI=1S/C15H14N4O/c1-11-6-8-17-14(9-11)19-15(20)13-5-4-12(10-18-13)3-2-7-16/h4-6,8-10H,7,16H2,1H3,(H,17,19,20). The third-order valence-corrected chi connectivity index (χ3v) is 2.49. The molecule has 0 spiro atoms. The Hall–Kier alpha value is -2.71. The van der Waals surface area contributed by atoms with Crippen LogP contribution in [0.3, 0.4) is 0 Å². The van der Waals surface area contributed by atoms with E-state index in [0.717, 1.165) is 11.1 Å². The maximum atomic E-state index is 12.0. The molecule has 0 aliphatic carbocycles. The predicted octanol–water partition coefficient (Wildman–Crippen LogP) is 1.35. The van der Waals surface area contributed by atoms with Crippen LogP contribution >= 0.6 is 0 Å². The van der Waals surface area contributed by atoms with E-state index in [-0.39, 0.29) is 5.91 Å². The molecule has 0 saturated carbocycles. The van der Waals surface area contributed by atoms with Crippen molar-refractivity contribution >= 4 is 11.7 Å². The summed E-state index contributed by atoms with van der Waals surface area (Å²) in [5, 5.41) is 2.69. The molecule has 2 rings (SSSR count). The molecule has 5 nitrogen and oxygen atoms in total. The number of pyridine rings is 2. The summed E-state index contributed by atoms with van der Waals surface area (Å²) < 4.78 is 0. The number of nitrogens with two attached hydrogens (primary N) is 1. The van der Waals surface area contributed by atoms with Crippen molar-refractivity contribution in [1.82, 2.24) is 9.97 Å². The average Bonchev–Trinajstić information content (AvgIpc) is 2.45. The molecule has 1 amide bonds. The van der Waals surface area contributed by atoms with Gasteiger partial charge < -0.3 is 11.1 Å². The minimum Gasteiger partial charge on any atom is -0.320 e. The van der Waals surface area contributed by atoms with E-state index in [1.165, 1.54) is 0 Å². The van der Waals surface area contributed by atoms with Crippen molar-refractivity contribution in [3.63, 3.8) is 0 Å². The van der Waals surface area contributed by atoms with Crippen molar-refractivity contribution in [3.05, 3.63) is 53.5 Å². The number of amides is 1. The van der Waals surface area contributed by atoms with E-state index < -0.39 is 0 Å². The number of carbonyl (C=O) groups is 1. The van der Waals surface area contributed by atoms with Gasteiger partial charge in [-0.3, -0.25) is 4.79 Å². The Morgan fingerprint density at radius 3 is 2.85 bits per heavy atom. The second-order valence-electron chi connectivity index (χ2n) is 4.11. The van der Waals surface area contributed by atoms with Gasteiger partial charge in [0.15, 0.2) is 0 Å². The smallest absolute Gasteiger partial charge is 0.275 e. The fourth-order valence-electron chi connectivity index (χ4n) is 1.54. The van der Waals surface area contributed by atoms with Crippen LogP contribution in [0, 0.1) is 18.8 Å². The second kappa shape index (κ2) is 6.45. The van der Waals surface area contributed by atoms with Crippen molar-refractivity contribution in [2.45, 2.75) is 6.92 Å². The largest absolute Gasteiger partial charge is 0.320 e. The molecular weight excluding hydrogens is 252 g/mol. The fourth-order valence-corrected chi connectivity index (χ4v) is 1.54. The van der Waals surface area contributed by atoms with Gasteiger partial charge in [0.2, 0.25) is 0 Å². The van der Waals surface area contributed by atoms with Gasteiger partial charge in [0.05, 0.1) is 6.54 Å².